The molecular weight excluding hydrogens is 1060 g/mol. The highest BCUT2D eigenvalue weighted by molar-refractivity contribution is 5.70. The maximum Gasteiger partial charge on any atom is 0.306 e. The van der Waals surface area contributed by atoms with Crippen molar-refractivity contribution in [2.24, 2.45) is 0 Å². The highest BCUT2D eigenvalue weighted by atomic mass is 16.6. The zero-order valence-corrected chi connectivity index (χ0v) is 57.8. The smallest absolute Gasteiger partial charge is 0.306 e. The first-order valence-electron chi connectivity index (χ1n) is 37.9. The number of unbranched alkanes of at least 4 members (excludes halogenated alkanes) is 44. The lowest BCUT2D eigenvalue weighted by molar-refractivity contribution is -0.161. The second-order valence-corrected chi connectivity index (χ2v) is 25.4. The van der Waals surface area contributed by atoms with Crippen LogP contribution in [0.3, 0.4) is 0 Å². The summed E-state index contributed by atoms with van der Waals surface area (Å²) in [5.74, 6) is -0.577. The van der Waals surface area contributed by atoms with Crippen LogP contribution >= 0.6 is 0 Å². The van der Waals surface area contributed by atoms with Gasteiger partial charge in [-0.05, 0) is 83.5 Å². The van der Waals surface area contributed by atoms with Crippen molar-refractivity contribution >= 4 is 11.9 Å². The predicted octanol–water partition coefficient (Wildman–Crippen LogP) is 26.7. The first-order valence-corrected chi connectivity index (χ1v) is 37.9. The van der Waals surface area contributed by atoms with Gasteiger partial charge in [-0.15, -0.1) is 0 Å². The standard InChI is InChI=1S/C82H144O5/c1-3-5-7-9-11-13-15-17-19-21-23-25-27-29-31-33-35-37-38-39-40-41-42-43-44-45-47-49-51-53-55-57-59-61-63-65-67-69-71-73-75-77-82(85)87-80(78-83)79-86-81(84)76-74-72-70-68-66-64-62-60-58-56-54-52-50-48-46-36-34-32-30-28-26-24-22-20-18-16-14-12-10-8-6-4-2/h5,7,11,13,17,19,23,25,29,31,35,37,39-40,42-43,45,47,80,83H,3-4,6,8-10,12,14-16,18,20-22,24,26-28,30,32-34,36,38,41,44,46,48-79H2,1-2H3/b7-5-,13-11-,19-17-,25-23-,31-29-,37-35-,40-39-,43-42-,47-45-. The predicted molar refractivity (Wildman–Crippen MR) is 385 cm³/mol. The van der Waals surface area contributed by atoms with E-state index in [1.165, 1.54) is 257 Å². The monoisotopic (exact) mass is 1210 g/mol. The highest BCUT2D eigenvalue weighted by Gasteiger charge is 2.16. The number of allylic oxidation sites excluding steroid dienone is 18. The fourth-order valence-electron chi connectivity index (χ4n) is 11.2. The average molecular weight is 1210 g/mol. The number of esters is 2. The van der Waals surface area contributed by atoms with Gasteiger partial charge >= 0.3 is 11.9 Å². The molecular formula is C82H144O5. The highest BCUT2D eigenvalue weighted by Crippen LogP contribution is 2.19. The normalized spacial score (nSPS) is 12.8. The van der Waals surface area contributed by atoms with E-state index in [1.807, 2.05) is 0 Å². The summed E-state index contributed by atoms with van der Waals surface area (Å²) in [4.78, 5) is 24.7. The van der Waals surface area contributed by atoms with Crippen molar-refractivity contribution in [3.63, 3.8) is 0 Å². The molecule has 0 saturated heterocycles. The molecule has 0 bridgehead atoms. The molecule has 0 aromatic rings. The van der Waals surface area contributed by atoms with E-state index in [0.717, 1.165) is 96.3 Å². The lowest BCUT2D eigenvalue weighted by Gasteiger charge is -2.15. The van der Waals surface area contributed by atoms with Crippen LogP contribution in [0.5, 0.6) is 0 Å². The van der Waals surface area contributed by atoms with Crippen molar-refractivity contribution in [2.45, 2.75) is 386 Å². The van der Waals surface area contributed by atoms with Crippen molar-refractivity contribution in [3.05, 3.63) is 109 Å². The summed E-state index contributed by atoms with van der Waals surface area (Å²) in [7, 11) is 0. The van der Waals surface area contributed by atoms with Gasteiger partial charge in [0.25, 0.3) is 0 Å². The second kappa shape index (κ2) is 76.8. The molecule has 5 nitrogen and oxygen atoms in total. The van der Waals surface area contributed by atoms with E-state index in [2.05, 4.69) is 123 Å². The van der Waals surface area contributed by atoms with Crippen molar-refractivity contribution in [3.8, 4) is 0 Å². The fourth-order valence-corrected chi connectivity index (χ4v) is 11.2. The van der Waals surface area contributed by atoms with Crippen LogP contribution in [0.4, 0.5) is 0 Å². The van der Waals surface area contributed by atoms with E-state index in [-0.39, 0.29) is 25.2 Å². The Kier molecular flexibility index (Phi) is 73.8. The summed E-state index contributed by atoms with van der Waals surface area (Å²) in [6.45, 7) is 4.07. The molecule has 0 aromatic carbocycles. The Bertz CT molecular complexity index is 1660. The minimum absolute atomic E-state index is 0.0654. The first kappa shape index (κ1) is 83.6. The molecule has 502 valence electrons. The molecule has 0 aromatic heterocycles. The topological polar surface area (TPSA) is 72.8 Å². The number of aliphatic hydroxyl groups excluding tert-OH is 1. The van der Waals surface area contributed by atoms with Gasteiger partial charge in [0, 0.05) is 12.8 Å². The Morgan fingerprint density at radius 2 is 0.494 bits per heavy atom. The molecule has 0 heterocycles. The Labute approximate surface area is 541 Å². The van der Waals surface area contributed by atoms with Gasteiger partial charge in [-0.3, -0.25) is 9.59 Å². The van der Waals surface area contributed by atoms with Crippen molar-refractivity contribution in [1.82, 2.24) is 0 Å². The van der Waals surface area contributed by atoms with Crippen LogP contribution in [-0.2, 0) is 19.1 Å². The van der Waals surface area contributed by atoms with Gasteiger partial charge in [0.1, 0.15) is 6.61 Å². The van der Waals surface area contributed by atoms with Crippen molar-refractivity contribution in [2.75, 3.05) is 13.2 Å². The van der Waals surface area contributed by atoms with Gasteiger partial charge in [0.05, 0.1) is 6.61 Å². The summed E-state index contributed by atoms with van der Waals surface area (Å²) in [6.07, 6.45) is 111. The zero-order valence-electron chi connectivity index (χ0n) is 57.8. The van der Waals surface area contributed by atoms with Crippen LogP contribution in [0.2, 0.25) is 0 Å². The van der Waals surface area contributed by atoms with E-state index >= 15 is 0 Å². The van der Waals surface area contributed by atoms with Crippen LogP contribution in [0.25, 0.3) is 0 Å². The molecule has 1 unspecified atom stereocenters. The number of rotatable bonds is 70. The Morgan fingerprint density at radius 3 is 0.747 bits per heavy atom. The summed E-state index contributed by atoms with van der Waals surface area (Å²) in [5.41, 5.74) is 0. The van der Waals surface area contributed by atoms with Crippen LogP contribution in [0.15, 0.2) is 109 Å². The van der Waals surface area contributed by atoms with Crippen LogP contribution < -0.4 is 0 Å². The van der Waals surface area contributed by atoms with Crippen LogP contribution in [-0.4, -0.2) is 36.4 Å². The summed E-state index contributed by atoms with van der Waals surface area (Å²) in [5, 5.41) is 9.72. The van der Waals surface area contributed by atoms with Crippen molar-refractivity contribution < 1.29 is 24.2 Å². The van der Waals surface area contributed by atoms with Gasteiger partial charge in [-0.2, -0.15) is 0 Å². The first-order chi connectivity index (χ1) is 43.1. The molecule has 0 aliphatic rings. The molecule has 0 radical (unpaired) electrons. The molecule has 0 aliphatic heterocycles. The Hall–Kier alpha value is -3.44. The van der Waals surface area contributed by atoms with Gasteiger partial charge in [0.2, 0.25) is 0 Å². The lowest BCUT2D eigenvalue weighted by atomic mass is 10.0. The summed E-state index contributed by atoms with van der Waals surface area (Å²) in [6, 6.07) is 0. The lowest BCUT2D eigenvalue weighted by Crippen LogP contribution is -2.28. The largest absolute Gasteiger partial charge is 0.462 e. The second-order valence-electron chi connectivity index (χ2n) is 25.4. The van der Waals surface area contributed by atoms with Gasteiger partial charge in [0.15, 0.2) is 6.10 Å². The number of aliphatic hydroxyl groups is 1. The third kappa shape index (κ3) is 74.9. The molecule has 0 rings (SSSR count). The van der Waals surface area contributed by atoms with E-state index in [1.54, 1.807) is 0 Å². The SMILES string of the molecule is CC/C=C\C/C=C\C/C=C\C/C=C\C/C=C\C/C=C\C/C=C\C/C=C\C/C=C\CCCCCCCCCCCCCCCC(=O)OC(CO)COC(=O)CCCCCCCCCCCCCCCCCCCCCCCCCCCCCCCCCC. The zero-order chi connectivity index (χ0) is 62.6. The number of carbonyl (C=O) groups is 2. The molecule has 1 atom stereocenters. The number of hydrogen-bond acceptors (Lipinski definition) is 5. The van der Waals surface area contributed by atoms with E-state index < -0.39 is 6.10 Å². The van der Waals surface area contributed by atoms with E-state index in [9.17, 15) is 14.7 Å². The molecule has 5 heteroatoms. The van der Waals surface area contributed by atoms with Gasteiger partial charge in [-0.1, -0.05) is 393 Å². The third-order valence-electron chi connectivity index (χ3n) is 16.8. The molecule has 0 amide bonds. The summed E-state index contributed by atoms with van der Waals surface area (Å²) < 4.78 is 10.8. The summed E-state index contributed by atoms with van der Waals surface area (Å²) >= 11 is 0. The minimum atomic E-state index is -0.778. The van der Waals surface area contributed by atoms with Crippen molar-refractivity contribution in [1.29, 1.82) is 0 Å². The molecule has 0 fully saturated rings. The third-order valence-corrected chi connectivity index (χ3v) is 16.8. The minimum Gasteiger partial charge on any atom is -0.462 e. The molecule has 1 N–H and O–H groups in total. The Morgan fingerprint density at radius 1 is 0.276 bits per heavy atom. The number of carbonyl (C=O) groups excluding carboxylic acids is 2. The fraction of sp³-hybridized carbons (Fsp3) is 0.756. The molecule has 0 saturated carbocycles. The molecule has 87 heavy (non-hydrogen) atoms. The maximum atomic E-state index is 12.4. The van der Waals surface area contributed by atoms with Gasteiger partial charge in [-0.25, -0.2) is 0 Å². The Balaban J connectivity index is 3.46. The quantitative estimate of drug-likeness (QED) is 0.0373. The number of ether oxygens (including phenoxy) is 2. The molecule has 0 aliphatic carbocycles. The molecule has 0 spiro atoms. The van der Waals surface area contributed by atoms with Crippen LogP contribution in [0, 0.1) is 0 Å². The average Bonchev–Trinajstić information content (AvgIpc) is 3.53. The maximum absolute atomic E-state index is 12.4. The van der Waals surface area contributed by atoms with Crippen LogP contribution in [0.1, 0.15) is 380 Å². The number of hydrogen-bond donors (Lipinski definition) is 1. The van der Waals surface area contributed by atoms with Gasteiger partial charge < -0.3 is 14.6 Å². The van der Waals surface area contributed by atoms with E-state index in [0.29, 0.717) is 12.8 Å². The van der Waals surface area contributed by atoms with E-state index in [4.69, 9.17) is 9.47 Å².